The van der Waals surface area contributed by atoms with Crippen molar-refractivity contribution in [1.29, 1.82) is 0 Å². The third-order valence-corrected chi connectivity index (χ3v) is 5.05. The molecule has 3 aromatic heterocycles. The fourth-order valence-electron chi connectivity index (χ4n) is 3.48. The third kappa shape index (κ3) is 4.75. The second-order valence-electron chi connectivity index (χ2n) is 7.17. The Morgan fingerprint density at radius 1 is 1.10 bits per heavy atom. The van der Waals surface area contributed by atoms with E-state index in [4.69, 9.17) is 9.15 Å². The molecular weight excluding hydrogens is 380 g/mol. The van der Waals surface area contributed by atoms with Crippen molar-refractivity contribution in [2.24, 2.45) is 0 Å². The Morgan fingerprint density at radius 2 is 1.97 bits per heavy atom. The van der Waals surface area contributed by atoms with E-state index in [0.29, 0.717) is 28.8 Å². The van der Waals surface area contributed by atoms with Gasteiger partial charge in [-0.1, -0.05) is 0 Å². The highest BCUT2D eigenvalue weighted by Gasteiger charge is 2.13. The van der Waals surface area contributed by atoms with E-state index in [1.54, 1.807) is 50.2 Å². The molecule has 4 aromatic rings. The molecule has 154 valence electrons. The molecule has 4 rings (SSSR count). The highest BCUT2D eigenvalue weighted by molar-refractivity contribution is 5.78. The number of nitrogens with zero attached hydrogens (tertiary/aromatic N) is 4. The number of fused-ring (bicyclic) bond motifs is 1. The number of hydrogen-bond acceptors (Lipinski definition) is 6. The fourth-order valence-corrected chi connectivity index (χ4v) is 3.48. The first-order valence-corrected chi connectivity index (χ1v) is 9.88. The van der Waals surface area contributed by atoms with Gasteiger partial charge in [0, 0.05) is 62.6 Å². The first-order valence-electron chi connectivity index (χ1n) is 9.88. The molecule has 0 aliphatic heterocycles. The van der Waals surface area contributed by atoms with Crippen molar-refractivity contribution < 1.29 is 9.15 Å². The van der Waals surface area contributed by atoms with E-state index in [9.17, 15) is 4.79 Å². The van der Waals surface area contributed by atoms with E-state index >= 15 is 0 Å². The highest BCUT2D eigenvalue weighted by Crippen LogP contribution is 2.19. The molecule has 7 nitrogen and oxygen atoms in total. The minimum Gasteiger partial charge on any atom is -0.497 e. The number of hydrogen-bond donors (Lipinski definition) is 0. The van der Waals surface area contributed by atoms with Crippen molar-refractivity contribution >= 4 is 11.0 Å². The average molecular weight is 404 g/mol. The zero-order chi connectivity index (χ0) is 20.8. The molecule has 0 spiro atoms. The molecule has 0 bridgehead atoms. The second-order valence-corrected chi connectivity index (χ2v) is 7.17. The maximum Gasteiger partial charge on any atom is 0.197 e. The lowest BCUT2D eigenvalue weighted by Crippen LogP contribution is -2.27. The van der Waals surface area contributed by atoms with Crippen LogP contribution in [0, 0.1) is 0 Å². The summed E-state index contributed by atoms with van der Waals surface area (Å²) in [5, 5.41) is 0.565. The van der Waals surface area contributed by atoms with Crippen LogP contribution in [-0.4, -0.2) is 33.1 Å². The number of rotatable bonds is 9. The van der Waals surface area contributed by atoms with Crippen molar-refractivity contribution in [2.75, 3.05) is 13.7 Å². The largest absolute Gasteiger partial charge is 0.497 e. The molecule has 0 radical (unpaired) electrons. The number of benzene rings is 1. The van der Waals surface area contributed by atoms with E-state index in [-0.39, 0.29) is 5.43 Å². The summed E-state index contributed by atoms with van der Waals surface area (Å²) >= 11 is 0. The first-order chi connectivity index (χ1) is 14.7. The number of pyridine rings is 1. The molecule has 30 heavy (non-hydrogen) atoms. The highest BCUT2D eigenvalue weighted by atomic mass is 16.5. The number of ether oxygens (including phenoxy) is 1. The third-order valence-electron chi connectivity index (χ3n) is 5.05. The van der Waals surface area contributed by atoms with Gasteiger partial charge in [-0.25, -0.2) is 4.98 Å². The summed E-state index contributed by atoms with van der Waals surface area (Å²) in [6.45, 7) is 2.95. The number of methoxy groups -OCH3 is 1. The SMILES string of the molecule is COc1ccc2c(=O)c(CN(CCCn3ccnc3)Cc3ccncc3)coc2c1. The summed E-state index contributed by atoms with van der Waals surface area (Å²) < 4.78 is 13.0. The van der Waals surface area contributed by atoms with Crippen LogP contribution in [0.3, 0.4) is 0 Å². The van der Waals surface area contributed by atoms with Crippen LogP contribution in [0.5, 0.6) is 5.75 Å². The van der Waals surface area contributed by atoms with Gasteiger partial charge in [0.1, 0.15) is 11.3 Å². The van der Waals surface area contributed by atoms with Gasteiger partial charge >= 0.3 is 0 Å². The zero-order valence-electron chi connectivity index (χ0n) is 16.9. The van der Waals surface area contributed by atoms with Crippen LogP contribution in [0.2, 0.25) is 0 Å². The number of aryl methyl sites for hydroxylation is 1. The van der Waals surface area contributed by atoms with Gasteiger partial charge < -0.3 is 13.7 Å². The van der Waals surface area contributed by atoms with Gasteiger partial charge in [-0.3, -0.25) is 14.7 Å². The molecule has 7 heteroatoms. The topological polar surface area (TPSA) is 73.4 Å². The Morgan fingerprint density at radius 3 is 2.73 bits per heavy atom. The van der Waals surface area contributed by atoms with E-state index in [1.807, 2.05) is 24.7 Å². The summed E-state index contributed by atoms with van der Waals surface area (Å²) in [6.07, 6.45) is 11.6. The second kappa shape index (κ2) is 9.37. The van der Waals surface area contributed by atoms with Gasteiger partial charge in [0.15, 0.2) is 5.43 Å². The van der Waals surface area contributed by atoms with Crippen LogP contribution in [0.15, 0.2) is 76.9 Å². The molecule has 3 heterocycles. The Balaban J connectivity index is 1.53. The van der Waals surface area contributed by atoms with E-state index in [2.05, 4.69) is 19.4 Å². The lowest BCUT2D eigenvalue weighted by Gasteiger charge is -2.22. The predicted octanol–water partition coefficient (Wildman–Crippen LogP) is 3.49. The van der Waals surface area contributed by atoms with Crippen molar-refractivity contribution in [3.8, 4) is 5.75 Å². The molecule has 0 atom stereocenters. The van der Waals surface area contributed by atoms with E-state index < -0.39 is 0 Å². The average Bonchev–Trinajstić information content (AvgIpc) is 3.29. The molecule has 0 fully saturated rings. The minimum absolute atomic E-state index is 0.00626. The van der Waals surface area contributed by atoms with Crippen LogP contribution in [0.4, 0.5) is 0 Å². The maximum atomic E-state index is 13.0. The Hall–Kier alpha value is -3.45. The van der Waals surface area contributed by atoms with Crippen molar-refractivity contribution in [3.63, 3.8) is 0 Å². The van der Waals surface area contributed by atoms with E-state index in [0.717, 1.165) is 31.6 Å². The van der Waals surface area contributed by atoms with Gasteiger partial charge in [0.25, 0.3) is 0 Å². The van der Waals surface area contributed by atoms with Crippen LogP contribution in [0.1, 0.15) is 17.5 Å². The Labute approximate surface area is 174 Å². The van der Waals surface area contributed by atoms with Gasteiger partial charge in [-0.15, -0.1) is 0 Å². The van der Waals surface area contributed by atoms with Gasteiger partial charge in [0.2, 0.25) is 0 Å². The Bertz CT molecular complexity index is 1140. The number of imidazole rings is 1. The summed E-state index contributed by atoms with van der Waals surface area (Å²) in [7, 11) is 1.59. The Kier molecular flexibility index (Phi) is 6.20. The summed E-state index contributed by atoms with van der Waals surface area (Å²) in [6, 6.07) is 9.27. The quantitative estimate of drug-likeness (QED) is 0.425. The van der Waals surface area contributed by atoms with Crippen molar-refractivity contribution in [2.45, 2.75) is 26.1 Å². The lowest BCUT2D eigenvalue weighted by molar-refractivity contribution is 0.246. The predicted molar refractivity (Wildman–Crippen MR) is 114 cm³/mol. The smallest absolute Gasteiger partial charge is 0.197 e. The first kappa shape index (κ1) is 19.8. The van der Waals surface area contributed by atoms with Crippen molar-refractivity contribution in [1.82, 2.24) is 19.4 Å². The van der Waals surface area contributed by atoms with Gasteiger partial charge in [0.05, 0.1) is 25.1 Å². The van der Waals surface area contributed by atoms with Crippen LogP contribution >= 0.6 is 0 Å². The van der Waals surface area contributed by atoms with Gasteiger partial charge in [-0.05, 0) is 36.2 Å². The molecule has 0 saturated heterocycles. The maximum absolute atomic E-state index is 13.0. The summed E-state index contributed by atoms with van der Waals surface area (Å²) in [5.41, 5.74) is 2.32. The van der Waals surface area contributed by atoms with Crippen molar-refractivity contribution in [3.05, 3.63) is 89.1 Å². The lowest BCUT2D eigenvalue weighted by atomic mass is 10.1. The zero-order valence-corrected chi connectivity index (χ0v) is 16.9. The van der Waals surface area contributed by atoms with Crippen LogP contribution in [-0.2, 0) is 19.6 Å². The normalized spacial score (nSPS) is 11.3. The molecule has 0 aliphatic rings. The minimum atomic E-state index is -0.00626. The molecule has 0 unspecified atom stereocenters. The van der Waals surface area contributed by atoms with E-state index in [1.165, 1.54) is 0 Å². The molecule has 0 saturated carbocycles. The fraction of sp³-hybridized carbons (Fsp3) is 0.261. The van der Waals surface area contributed by atoms with Crippen LogP contribution in [0.25, 0.3) is 11.0 Å². The monoisotopic (exact) mass is 404 g/mol. The summed E-state index contributed by atoms with van der Waals surface area (Å²) in [4.78, 5) is 23.5. The summed E-state index contributed by atoms with van der Waals surface area (Å²) in [5.74, 6) is 0.664. The molecular formula is C23H24N4O3. The van der Waals surface area contributed by atoms with Gasteiger partial charge in [-0.2, -0.15) is 0 Å². The standard InChI is InChI=1S/C23H24N4O3/c1-29-20-3-4-21-22(13-20)30-16-19(23(21)28)15-27(14-18-5-7-24-8-6-18)11-2-10-26-12-9-25-17-26/h3-9,12-13,16-17H,2,10-11,14-15H2,1H3. The molecule has 0 amide bonds. The number of aromatic nitrogens is 3. The van der Waals surface area contributed by atoms with Crippen LogP contribution < -0.4 is 10.2 Å². The molecule has 0 aliphatic carbocycles. The molecule has 0 N–H and O–H groups in total. The molecule has 1 aromatic carbocycles.